The monoisotopic (exact) mass is 214 g/mol. The van der Waals surface area contributed by atoms with E-state index in [9.17, 15) is 4.79 Å². The van der Waals surface area contributed by atoms with Crippen LogP contribution in [0.1, 0.15) is 33.1 Å². The van der Waals surface area contributed by atoms with E-state index in [-0.39, 0.29) is 11.9 Å². The largest absolute Gasteiger partial charge is 0.380 e. The van der Waals surface area contributed by atoms with Crippen LogP contribution in [0.3, 0.4) is 0 Å². The minimum Gasteiger partial charge on any atom is -0.380 e. The summed E-state index contributed by atoms with van der Waals surface area (Å²) in [5, 5.41) is 6.21. The average molecular weight is 214 g/mol. The second-order valence-corrected chi connectivity index (χ2v) is 4.34. The number of ether oxygens (including phenoxy) is 1. The third-order valence-electron chi connectivity index (χ3n) is 2.40. The molecule has 1 heterocycles. The summed E-state index contributed by atoms with van der Waals surface area (Å²) in [7, 11) is 0. The first-order valence-electron chi connectivity index (χ1n) is 5.79. The fourth-order valence-electron chi connectivity index (χ4n) is 1.69. The van der Waals surface area contributed by atoms with E-state index >= 15 is 0 Å². The highest BCUT2D eigenvalue weighted by Crippen LogP contribution is 2.05. The lowest BCUT2D eigenvalue weighted by Crippen LogP contribution is -2.39. The molecule has 4 heteroatoms. The lowest BCUT2D eigenvalue weighted by Gasteiger charge is -2.23. The van der Waals surface area contributed by atoms with Crippen molar-refractivity contribution in [1.82, 2.24) is 10.6 Å². The van der Waals surface area contributed by atoms with Gasteiger partial charge in [0.1, 0.15) is 0 Å². The highest BCUT2D eigenvalue weighted by molar-refractivity contribution is 5.76. The number of amides is 1. The molecule has 1 unspecified atom stereocenters. The molecule has 1 rings (SSSR count). The van der Waals surface area contributed by atoms with Gasteiger partial charge in [-0.05, 0) is 26.7 Å². The van der Waals surface area contributed by atoms with E-state index in [1.54, 1.807) is 0 Å². The molecule has 15 heavy (non-hydrogen) atoms. The Morgan fingerprint density at radius 2 is 2.33 bits per heavy atom. The van der Waals surface area contributed by atoms with Crippen molar-refractivity contribution in [2.45, 2.75) is 45.2 Å². The summed E-state index contributed by atoms with van der Waals surface area (Å²) >= 11 is 0. The Hall–Kier alpha value is -0.610. The molecule has 0 aromatic rings. The van der Waals surface area contributed by atoms with E-state index in [0.29, 0.717) is 12.5 Å². The van der Waals surface area contributed by atoms with Crippen LogP contribution in [-0.2, 0) is 9.53 Å². The highest BCUT2D eigenvalue weighted by atomic mass is 16.5. The lowest BCUT2D eigenvalue weighted by atomic mass is 10.1. The summed E-state index contributed by atoms with van der Waals surface area (Å²) in [6.45, 7) is 6.35. The number of carbonyl (C=O) groups is 1. The van der Waals surface area contributed by atoms with Gasteiger partial charge in [-0.2, -0.15) is 0 Å². The van der Waals surface area contributed by atoms with Gasteiger partial charge in [0.15, 0.2) is 0 Å². The van der Waals surface area contributed by atoms with Crippen molar-refractivity contribution in [2.75, 3.05) is 19.8 Å². The summed E-state index contributed by atoms with van der Waals surface area (Å²) in [4.78, 5) is 11.3. The predicted octanol–water partition coefficient (Wildman–Crippen LogP) is 0.670. The third-order valence-corrected chi connectivity index (χ3v) is 2.40. The third kappa shape index (κ3) is 5.74. The van der Waals surface area contributed by atoms with Gasteiger partial charge in [0, 0.05) is 31.7 Å². The van der Waals surface area contributed by atoms with Crippen LogP contribution in [0.25, 0.3) is 0 Å². The number of hydrogen-bond acceptors (Lipinski definition) is 3. The fraction of sp³-hybridized carbons (Fsp3) is 0.909. The van der Waals surface area contributed by atoms with Crippen molar-refractivity contribution < 1.29 is 9.53 Å². The molecule has 0 aromatic carbocycles. The number of carbonyl (C=O) groups excluding carboxylic acids is 1. The van der Waals surface area contributed by atoms with Crippen LogP contribution in [0, 0.1) is 0 Å². The molecule has 4 nitrogen and oxygen atoms in total. The molecule has 0 saturated carbocycles. The van der Waals surface area contributed by atoms with Crippen LogP contribution in [0.2, 0.25) is 0 Å². The fourth-order valence-corrected chi connectivity index (χ4v) is 1.69. The average Bonchev–Trinajstić information content (AvgIpc) is 2.18. The smallest absolute Gasteiger partial charge is 0.221 e. The Kier molecular flexibility index (Phi) is 5.65. The molecule has 0 bridgehead atoms. The van der Waals surface area contributed by atoms with Crippen molar-refractivity contribution in [3.05, 3.63) is 0 Å². The molecule has 1 amide bonds. The first-order chi connectivity index (χ1) is 7.18. The maximum atomic E-state index is 11.3. The zero-order valence-corrected chi connectivity index (χ0v) is 9.71. The predicted molar refractivity (Wildman–Crippen MR) is 59.7 cm³/mol. The van der Waals surface area contributed by atoms with Crippen molar-refractivity contribution in [2.24, 2.45) is 0 Å². The van der Waals surface area contributed by atoms with Crippen LogP contribution in [0.4, 0.5) is 0 Å². The van der Waals surface area contributed by atoms with Gasteiger partial charge in [0.05, 0.1) is 6.61 Å². The Morgan fingerprint density at radius 3 is 2.93 bits per heavy atom. The van der Waals surface area contributed by atoms with Gasteiger partial charge in [-0.15, -0.1) is 0 Å². The summed E-state index contributed by atoms with van der Waals surface area (Å²) in [5.74, 6) is 0.120. The second kappa shape index (κ2) is 6.80. The summed E-state index contributed by atoms with van der Waals surface area (Å²) in [5.41, 5.74) is 0. The first-order valence-corrected chi connectivity index (χ1v) is 5.79. The van der Waals surface area contributed by atoms with E-state index < -0.39 is 0 Å². The van der Waals surface area contributed by atoms with Gasteiger partial charge < -0.3 is 15.4 Å². The number of nitrogens with one attached hydrogen (secondary N) is 2. The topological polar surface area (TPSA) is 50.4 Å². The van der Waals surface area contributed by atoms with Gasteiger partial charge in [-0.1, -0.05) is 0 Å². The SMILES string of the molecule is CC(C)NC(=O)CCNC1CCCOC1. The highest BCUT2D eigenvalue weighted by Gasteiger charge is 2.13. The quantitative estimate of drug-likeness (QED) is 0.707. The molecular weight excluding hydrogens is 192 g/mol. The zero-order valence-electron chi connectivity index (χ0n) is 9.71. The molecule has 0 aliphatic carbocycles. The standard InChI is InChI=1S/C11H22N2O2/c1-9(2)13-11(14)5-6-12-10-4-3-7-15-8-10/h9-10,12H,3-8H2,1-2H3,(H,13,14). The van der Waals surface area contributed by atoms with Crippen molar-refractivity contribution in [1.29, 1.82) is 0 Å². The van der Waals surface area contributed by atoms with Gasteiger partial charge in [0.2, 0.25) is 5.91 Å². The van der Waals surface area contributed by atoms with E-state index in [0.717, 1.165) is 32.6 Å². The summed E-state index contributed by atoms with van der Waals surface area (Å²) in [6.07, 6.45) is 2.83. The Balaban J connectivity index is 2.02. The van der Waals surface area contributed by atoms with E-state index in [1.165, 1.54) is 0 Å². The lowest BCUT2D eigenvalue weighted by molar-refractivity contribution is -0.121. The summed E-state index contributed by atoms with van der Waals surface area (Å²) in [6, 6.07) is 0.668. The molecule has 88 valence electrons. The van der Waals surface area contributed by atoms with Crippen LogP contribution in [0.5, 0.6) is 0 Å². The van der Waals surface area contributed by atoms with Gasteiger partial charge in [0.25, 0.3) is 0 Å². The van der Waals surface area contributed by atoms with Gasteiger partial charge in [-0.25, -0.2) is 0 Å². The minimum atomic E-state index is 0.120. The van der Waals surface area contributed by atoms with E-state index in [2.05, 4.69) is 10.6 Å². The van der Waals surface area contributed by atoms with Gasteiger partial charge >= 0.3 is 0 Å². The first kappa shape index (κ1) is 12.5. The minimum absolute atomic E-state index is 0.120. The van der Waals surface area contributed by atoms with Gasteiger partial charge in [-0.3, -0.25) is 4.79 Å². The number of hydrogen-bond donors (Lipinski definition) is 2. The van der Waals surface area contributed by atoms with Crippen molar-refractivity contribution in [3.8, 4) is 0 Å². The molecule has 0 aromatic heterocycles. The molecule has 1 aliphatic rings. The molecule has 0 spiro atoms. The molecule has 1 fully saturated rings. The van der Waals surface area contributed by atoms with Crippen LogP contribution >= 0.6 is 0 Å². The normalized spacial score (nSPS) is 21.7. The van der Waals surface area contributed by atoms with Crippen molar-refractivity contribution >= 4 is 5.91 Å². The zero-order chi connectivity index (χ0) is 11.1. The molecular formula is C11H22N2O2. The van der Waals surface area contributed by atoms with Crippen molar-refractivity contribution in [3.63, 3.8) is 0 Å². The molecule has 1 atom stereocenters. The van der Waals surface area contributed by atoms with Crippen LogP contribution in [0.15, 0.2) is 0 Å². The summed E-state index contributed by atoms with van der Waals surface area (Å²) < 4.78 is 5.34. The van der Waals surface area contributed by atoms with Crippen LogP contribution in [-0.4, -0.2) is 37.7 Å². The molecule has 2 N–H and O–H groups in total. The molecule has 1 saturated heterocycles. The molecule has 0 radical (unpaired) electrons. The Bertz CT molecular complexity index is 189. The number of rotatable bonds is 5. The maximum absolute atomic E-state index is 11.3. The van der Waals surface area contributed by atoms with Crippen LogP contribution < -0.4 is 10.6 Å². The second-order valence-electron chi connectivity index (χ2n) is 4.34. The van der Waals surface area contributed by atoms with E-state index in [1.807, 2.05) is 13.8 Å². The maximum Gasteiger partial charge on any atom is 0.221 e. The Labute approximate surface area is 91.8 Å². The van der Waals surface area contributed by atoms with E-state index in [4.69, 9.17) is 4.74 Å². The Morgan fingerprint density at radius 1 is 1.53 bits per heavy atom. The molecule has 1 aliphatic heterocycles.